The molecule has 0 aliphatic carbocycles. The number of benzene rings is 2. The summed E-state index contributed by atoms with van der Waals surface area (Å²) in [6.45, 7) is 2.70. The summed E-state index contributed by atoms with van der Waals surface area (Å²) in [4.78, 5) is 80.4. The maximum atomic E-state index is 13.4. The van der Waals surface area contributed by atoms with E-state index in [1.807, 2.05) is 19.1 Å². The normalized spacial score (nSPS) is 19.8. The zero-order chi connectivity index (χ0) is 42.8. The van der Waals surface area contributed by atoms with Crippen LogP contribution in [0.1, 0.15) is 75.2 Å². The lowest BCUT2D eigenvalue weighted by atomic mass is 10.0. The summed E-state index contributed by atoms with van der Waals surface area (Å²) in [5.74, 6) is 4.25. The summed E-state index contributed by atoms with van der Waals surface area (Å²) in [7, 11) is -14.0. The standard InChI is InChI=1S/C32H40N5O16P3S2/c1-19(34)22-9-3-5-11-24(22)31(39)51-26-16-28(50-27(26)18-49-55(44,45)53-56(46,47)52-54(41,42)43)37-17-21(29(35)36-32(37)40)8-7-14-48-30(38)25-12-6-4-10-23(25)20(2)58-57-15-13-33/h3-6,9-12,17,19-20,26-28H,13-16,18,33-34H2,1-2H3,(H,44,45)(H,46,47)(H2,35,36,40)(H2,41,42,43)/t19?,20?,26-,27?,28-/m1/s1. The Bertz CT molecular complexity index is 2230. The van der Waals surface area contributed by atoms with Gasteiger partial charge in [0.05, 0.1) is 23.3 Å². The Hall–Kier alpha value is -3.39. The number of anilines is 1. The highest BCUT2D eigenvalue weighted by molar-refractivity contribution is 8.76. The Balaban J connectivity index is 1.54. The quantitative estimate of drug-likeness (QED) is 0.0316. The van der Waals surface area contributed by atoms with Crippen molar-refractivity contribution in [3.8, 4) is 11.8 Å². The molecule has 58 heavy (non-hydrogen) atoms. The number of hydrogen-bond donors (Lipinski definition) is 7. The first-order chi connectivity index (χ1) is 27.2. The van der Waals surface area contributed by atoms with E-state index in [0.717, 1.165) is 15.9 Å². The molecule has 10 N–H and O–H groups in total. The highest BCUT2D eigenvalue weighted by Gasteiger charge is 2.44. The molecule has 0 spiro atoms. The minimum atomic E-state index is -5.86. The molecule has 316 valence electrons. The van der Waals surface area contributed by atoms with Gasteiger partial charge in [0.15, 0.2) is 6.61 Å². The van der Waals surface area contributed by atoms with Crippen molar-refractivity contribution < 1.29 is 70.2 Å². The minimum Gasteiger partial charge on any atom is -0.456 e. The number of esters is 2. The van der Waals surface area contributed by atoms with Crippen LogP contribution >= 0.6 is 45.1 Å². The first-order valence-electron chi connectivity index (χ1n) is 16.8. The molecule has 3 aromatic rings. The fourth-order valence-electron chi connectivity index (χ4n) is 5.28. The summed E-state index contributed by atoms with van der Waals surface area (Å²) in [6, 6.07) is 12.6. The van der Waals surface area contributed by atoms with E-state index in [2.05, 4.69) is 25.4 Å². The van der Waals surface area contributed by atoms with E-state index in [-0.39, 0.29) is 35.2 Å². The molecule has 2 heterocycles. The summed E-state index contributed by atoms with van der Waals surface area (Å²) in [5.41, 5.74) is 18.2. The van der Waals surface area contributed by atoms with Crippen molar-refractivity contribution in [3.63, 3.8) is 0 Å². The molecule has 2 aromatic carbocycles. The fourth-order valence-corrected chi connectivity index (χ4v) is 10.5. The molecule has 1 saturated heterocycles. The maximum absolute atomic E-state index is 13.4. The van der Waals surface area contributed by atoms with Crippen molar-refractivity contribution in [3.05, 3.63) is 93.0 Å². The van der Waals surface area contributed by atoms with E-state index in [9.17, 15) is 37.9 Å². The van der Waals surface area contributed by atoms with Gasteiger partial charge >= 0.3 is 41.1 Å². The highest BCUT2D eigenvalue weighted by atomic mass is 33.1. The molecular weight excluding hydrogens is 867 g/mol. The molecule has 7 atom stereocenters. The number of carbonyl (C=O) groups excluding carboxylic acids is 2. The first-order valence-corrected chi connectivity index (χ1v) is 23.7. The van der Waals surface area contributed by atoms with Crippen molar-refractivity contribution in [2.75, 3.05) is 31.2 Å². The number of aromatic nitrogens is 2. The lowest BCUT2D eigenvalue weighted by Gasteiger charge is -2.21. The monoisotopic (exact) mass is 907 g/mol. The number of phosphoric acid groups is 3. The number of rotatable bonds is 18. The van der Waals surface area contributed by atoms with Crippen LogP contribution in [-0.4, -0.2) is 78.8 Å². The topological polar surface area (TPSA) is 335 Å². The Kier molecular flexibility index (Phi) is 16.9. The largest absolute Gasteiger partial charge is 0.490 e. The van der Waals surface area contributed by atoms with Gasteiger partial charge in [0, 0.05) is 36.2 Å². The van der Waals surface area contributed by atoms with Gasteiger partial charge in [-0.05, 0) is 37.1 Å². The van der Waals surface area contributed by atoms with E-state index in [1.165, 1.54) is 12.3 Å². The number of nitrogens with zero attached hydrogens (tertiary/aromatic N) is 2. The molecular formula is C32H40N5O16P3S2. The van der Waals surface area contributed by atoms with Crippen LogP contribution in [0.5, 0.6) is 0 Å². The number of phosphoric ester groups is 1. The summed E-state index contributed by atoms with van der Waals surface area (Å²) in [6.07, 6.45) is -3.32. The van der Waals surface area contributed by atoms with Gasteiger partial charge in [-0.1, -0.05) is 69.8 Å². The van der Waals surface area contributed by atoms with Gasteiger partial charge in [-0.2, -0.15) is 13.6 Å². The third-order valence-electron chi connectivity index (χ3n) is 7.75. The molecule has 0 saturated carbocycles. The Labute approximate surface area is 339 Å². The van der Waals surface area contributed by atoms with Crippen molar-refractivity contribution in [2.24, 2.45) is 11.5 Å². The van der Waals surface area contributed by atoms with Crippen LogP contribution in [0, 0.1) is 11.8 Å². The van der Waals surface area contributed by atoms with Gasteiger partial charge in [0.1, 0.15) is 24.3 Å². The molecule has 1 aliphatic heterocycles. The second kappa shape index (κ2) is 20.7. The summed E-state index contributed by atoms with van der Waals surface area (Å²) < 4.78 is 65.5. The Morgan fingerprint density at radius 1 is 1.00 bits per heavy atom. The third kappa shape index (κ3) is 13.8. The molecule has 26 heteroatoms. The SMILES string of the molecule is CC(N)c1ccccc1C(=O)O[C@@H]1C[C@H](n2cc(C#CCOC(=O)c3ccccc3C(C)SSCCN)c(N)nc2=O)OC1COP(=O)(O)OP(=O)(O)OP(=O)(O)O. The molecule has 0 radical (unpaired) electrons. The predicted octanol–water partition coefficient (Wildman–Crippen LogP) is 3.31. The molecule has 0 bridgehead atoms. The number of nitrogen functional groups attached to an aromatic ring is 1. The van der Waals surface area contributed by atoms with Crippen LogP contribution in [0.2, 0.25) is 0 Å². The van der Waals surface area contributed by atoms with Crippen LogP contribution in [0.25, 0.3) is 0 Å². The Morgan fingerprint density at radius 3 is 2.28 bits per heavy atom. The van der Waals surface area contributed by atoms with E-state index in [1.54, 1.807) is 58.8 Å². The number of carbonyl (C=O) groups is 2. The molecule has 4 rings (SSSR count). The molecule has 0 amide bonds. The van der Waals surface area contributed by atoms with Gasteiger partial charge in [-0.3, -0.25) is 9.09 Å². The third-order valence-corrected chi connectivity index (χ3v) is 14.4. The van der Waals surface area contributed by atoms with Gasteiger partial charge in [0.25, 0.3) is 0 Å². The van der Waals surface area contributed by atoms with Crippen LogP contribution in [0.4, 0.5) is 5.82 Å². The van der Waals surface area contributed by atoms with Crippen LogP contribution in [0.15, 0.2) is 59.5 Å². The number of nitrogens with two attached hydrogens (primary N) is 3. The Morgan fingerprint density at radius 2 is 1.64 bits per heavy atom. The van der Waals surface area contributed by atoms with E-state index in [4.69, 9.17) is 45.7 Å². The summed E-state index contributed by atoms with van der Waals surface area (Å²) in [5, 5.41) is -0.0494. The van der Waals surface area contributed by atoms with E-state index >= 15 is 0 Å². The zero-order valence-corrected chi connectivity index (χ0v) is 34.9. The highest BCUT2D eigenvalue weighted by Crippen LogP contribution is 2.66. The second-order valence-electron chi connectivity index (χ2n) is 12.1. The molecule has 1 aliphatic rings. The average molecular weight is 908 g/mol. The zero-order valence-electron chi connectivity index (χ0n) is 30.6. The van der Waals surface area contributed by atoms with E-state index < -0.39 is 72.2 Å². The van der Waals surface area contributed by atoms with E-state index in [0.29, 0.717) is 17.7 Å². The average Bonchev–Trinajstić information content (AvgIpc) is 3.53. The van der Waals surface area contributed by atoms with Crippen molar-refractivity contribution in [1.29, 1.82) is 0 Å². The fraction of sp³-hybridized carbons (Fsp3) is 0.375. The van der Waals surface area contributed by atoms with Crippen LogP contribution in [-0.2, 0) is 41.1 Å². The number of hydrogen-bond acceptors (Lipinski definition) is 18. The molecule has 5 unspecified atom stereocenters. The van der Waals surface area contributed by atoms with Crippen LogP contribution < -0.4 is 22.9 Å². The van der Waals surface area contributed by atoms with Crippen molar-refractivity contribution in [2.45, 2.75) is 50.0 Å². The smallest absolute Gasteiger partial charge is 0.456 e. The number of ether oxygens (including phenoxy) is 3. The lowest BCUT2D eigenvalue weighted by Crippen LogP contribution is -2.31. The predicted molar refractivity (Wildman–Crippen MR) is 211 cm³/mol. The molecule has 21 nitrogen and oxygen atoms in total. The second-order valence-corrected chi connectivity index (χ2v) is 19.4. The van der Waals surface area contributed by atoms with Crippen molar-refractivity contribution in [1.82, 2.24) is 9.55 Å². The first kappa shape index (κ1) is 47.3. The van der Waals surface area contributed by atoms with Gasteiger partial charge < -0.3 is 51.0 Å². The maximum Gasteiger partial charge on any atom is 0.490 e. The van der Waals surface area contributed by atoms with Gasteiger partial charge in [0.2, 0.25) is 0 Å². The molecule has 1 aromatic heterocycles. The van der Waals surface area contributed by atoms with Crippen LogP contribution in [0.3, 0.4) is 0 Å². The van der Waals surface area contributed by atoms with Gasteiger partial charge in [-0.15, -0.1) is 0 Å². The molecule has 1 fully saturated rings. The van der Waals surface area contributed by atoms with Crippen molar-refractivity contribution >= 4 is 62.8 Å². The summed E-state index contributed by atoms with van der Waals surface area (Å²) >= 11 is 0. The van der Waals surface area contributed by atoms with Gasteiger partial charge in [-0.25, -0.2) is 28.1 Å². The lowest BCUT2D eigenvalue weighted by molar-refractivity contribution is -0.0511. The minimum absolute atomic E-state index is 0.00211.